The van der Waals surface area contributed by atoms with Crippen LogP contribution in [0.4, 0.5) is 0 Å². The lowest BCUT2D eigenvalue weighted by atomic mass is 10.0. The van der Waals surface area contributed by atoms with E-state index in [1.54, 1.807) is 7.11 Å². The highest BCUT2D eigenvalue weighted by Crippen LogP contribution is 2.44. The van der Waals surface area contributed by atoms with E-state index in [0.717, 1.165) is 17.9 Å². The summed E-state index contributed by atoms with van der Waals surface area (Å²) >= 11 is 0. The Bertz CT molecular complexity index is 462. The molecule has 0 aromatic heterocycles. The van der Waals surface area contributed by atoms with Crippen LogP contribution in [0.25, 0.3) is 6.08 Å². The molecule has 1 heterocycles. The van der Waals surface area contributed by atoms with Gasteiger partial charge in [0.15, 0.2) is 11.5 Å². The minimum absolute atomic E-state index is 0.0782. The zero-order valence-corrected chi connectivity index (χ0v) is 9.45. The van der Waals surface area contributed by atoms with Crippen molar-refractivity contribution in [1.82, 2.24) is 0 Å². The molecule has 0 radical (unpaired) electrons. The Hall–Kier alpha value is -1.48. The van der Waals surface area contributed by atoms with Crippen LogP contribution in [0, 0.1) is 0 Å². The van der Waals surface area contributed by atoms with Gasteiger partial charge >= 0.3 is 0 Å². The quantitative estimate of drug-likeness (QED) is 0.763. The highest BCUT2D eigenvalue weighted by molar-refractivity contribution is 5.69. The van der Waals surface area contributed by atoms with Gasteiger partial charge in [-0.05, 0) is 35.3 Å². The van der Waals surface area contributed by atoms with E-state index in [9.17, 15) is 0 Å². The highest BCUT2D eigenvalue weighted by atomic mass is 16.7. The summed E-state index contributed by atoms with van der Waals surface area (Å²) in [5.41, 5.74) is 3.68. The monoisotopic (exact) mass is 218 g/mol. The number of methoxy groups -OCH3 is 1. The Morgan fingerprint density at radius 1 is 1.31 bits per heavy atom. The summed E-state index contributed by atoms with van der Waals surface area (Å²) in [6.45, 7) is 2.46. The first-order valence-corrected chi connectivity index (χ1v) is 5.50. The standard InChI is InChI=1S/C13H14O3/c1-3-8-4-9-5-11-12(16-7-15-11)6-10(9)13(8)14-2/h4-6,13H,3,7H2,1-2H3. The molecule has 1 aliphatic carbocycles. The molecule has 0 spiro atoms. The summed E-state index contributed by atoms with van der Waals surface area (Å²) in [5.74, 6) is 1.66. The molecule has 0 amide bonds. The SMILES string of the molecule is CCC1=Cc2cc3c(cc2C1OC)OCO3. The van der Waals surface area contributed by atoms with Crippen molar-refractivity contribution in [3.8, 4) is 11.5 Å². The maximum Gasteiger partial charge on any atom is 0.231 e. The molecule has 1 aromatic carbocycles. The van der Waals surface area contributed by atoms with Gasteiger partial charge in [-0.25, -0.2) is 0 Å². The van der Waals surface area contributed by atoms with E-state index >= 15 is 0 Å². The molecule has 0 N–H and O–H groups in total. The molecule has 1 aliphatic heterocycles. The van der Waals surface area contributed by atoms with Crippen molar-refractivity contribution < 1.29 is 14.2 Å². The van der Waals surface area contributed by atoms with Crippen molar-refractivity contribution in [2.24, 2.45) is 0 Å². The first kappa shape index (κ1) is 9.73. The Balaban J connectivity index is 2.10. The first-order chi connectivity index (χ1) is 7.83. The van der Waals surface area contributed by atoms with Crippen molar-refractivity contribution in [2.75, 3.05) is 13.9 Å². The van der Waals surface area contributed by atoms with Crippen molar-refractivity contribution in [1.29, 1.82) is 0 Å². The predicted molar refractivity (Wildman–Crippen MR) is 60.6 cm³/mol. The van der Waals surface area contributed by atoms with E-state index < -0.39 is 0 Å². The molecule has 0 saturated heterocycles. The lowest BCUT2D eigenvalue weighted by molar-refractivity contribution is 0.133. The van der Waals surface area contributed by atoms with Gasteiger partial charge in [0.25, 0.3) is 0 Å². The van der Waals surface area contributed by atoms with Gasteiger partial charge in [0.1, 0.15) is 6.10 Å². The Kier molecular flexibility index (Phi) is 2.14. The molecule has 3 nitrogen and oxygen atoms in total. The number of fused-ring (bicyclic) bond motifs is 2. The second-order valence-corrected chi connectivity index (χ2v) is 4.02. The van der Waals surface area contributed by atoms with Crippen LogP contribution >= 0.6 is 0 Å². The van der Waals surface area contributed by atoms with Gasteiger partial charge in [-0.3, -0.25) is 0 Å². The summed E-state index contributed by atoms with van der Waals surface area (Å²) < 4.78 is 16.3. The molecular weight excluding hydrogens is 204 g/mol. The fourth-order valence-electron chi connectivity index (χ4n) is 2.37. The molecule has 3 heteroatoms. The molecule has 0 saturated carbocycles. The third-order valence-corrected chi connectivity index (χ3v) is 3.18. The van der Waals surface area contributed by atoms with Crippen LogP contribution in [-0.2, 0) is 4.74 Å². The van der Waals surface area contributed by atoms with E-state index in [2.05, 4.69) is 13.0 Å². The lowest BCUT2D eigenvalue weighted by Crippen LogP contribution is -2.00. The number of benzene rings is 1. The second-order valence-electron chi connectivity index (χ2n) is 4.02. The summed E-state index contributed by atoms with van der Waals surface area (Å²) in [6, 6.07) is 4.07. The number of hydrogen-bond acceptors (Lipinski definition) is 3. The molecule has 3 rings (SSSR count). The second kappa shape index (κ2) is 3.52. The van der Waals surface area contributed by atoms with Crippen molar-refractivity contribution in [3.05, 3.63) is 28.8 Å². The van der Waals surface area contributed by atoms with Crippen LogP contribution in [0.2, 0.25) is 0 Å². The van der Waals surface area contributed by atoms with Crippen molar-refractivity contribution >= 4 is 6.08 Å². The molecule has 2 aliphatic rings. The average molecular weight is 218 g/mol. The zero-order valence-electron chi connectivity index (χ0n) is 9.45. The molecule has 1 unspecified atom stereocenters. The molecule has 0 fully saturated rings. The lowest BCUT2D eigenvalue weighted by Gasteiger charge is -2.14. The fraction of sp³-hybridized carbons (Fsp3) is 0.385. The molecule has 84 valence electrons. The topological polar surface area (TPSA) is 27.7 Å². The Morgan fingerprint density at radius 2 is 2.06 bits per heavy atom. The van der Waals surface area contributed by atoms with Crippen LogP contribution in [0.1, 0.15) is 30.6 Å². The van der Waals surface area contributed by atoms with Gasteiger partial charge in [-0.15, -0.1) is 0 Å². The highest BCUT2D eigenvalue weighted by Gasteiger charge is 2.27. The largest absolute Gasteiger partial charge is 0.454 e. The summed E-state index contributed by atoms with van der Waals surface area (Å²) in [7, 11) is 1.74. The predicted octanol–water partition coefficient (Wildman–Crippen LogP) is 2.91. The van der Waals surface area contributed by atoms with Gasteiger partial charge in [0.2, 0.25) is 6.79 Å². The Morgan fingerprint density at radius 3 is 2.75 bits per heavy atom. The van der Waals surface area contributed by atoms with E-state index in [4.69, 9.17) is 14.2 Å². The maximum atomic E-state index is 5.54. The number of rotatable bonds is 2. The van der Waals surface area contributed by atoms with Gasteiger partial charge in [-0.2, -0.15) is 0 Å². The number of hydrogen-bond donors (Lipinski definition) is 0. The van der Waals surface area contributed by atoms with Gasteiger partial charge in [0.05, 0.1) is 0 Å². The summed E-state index contributed by atoms with van der Waals surface area (Å²) in [6.07, 6.45) is 3.26. The fourth-order valence-corrected chi connectivity index (χ4v) is 2.37. The molecule has 1 atom stereocenters. The van der Waals surface area contributed by atoms with Gasteiger partial charge < -0.3 is 14.2 Å². The third-order valence-electron chi connectivity index (χ3n) is 3.18. The normalized spacial score (nSPS) is 20.9. The average Bonchev–Trinajstić information content (AvgIpc) is 2.87. The maximum absolute atomic E-state index is 5.54. The van der Waals surface area contributed by atoms with Crippen LogP contribution in [0.15, 0.2) is 17.7 Å². The smallest absolute Gasteiger partial charge is 0.231 e. The summed E-state index contributed by atoms with van der Waals surface area (Å²) in [5, 5.41) is 0. The molecule has 1 aromatic rings. The minimum atomic E-state index is 0.0782. The first-order valence-electron chi connectivity index (χ1n) is 5.50. The van der Waals surface area contributed by atoms with Crippen LogP contribution < -0.4 is 9.47 Å². The van der Waals surface area contributed by atoms with Crippen molar-refractivity contribution in [2.45, 2.75) is 19.4 Å². The molecule has 0 bridgehead atoms. The van der Waals surface area contributed by atoms with Crippen LogP contribution in [0.5, 0.6) is 11.5 Å². The zero-order chi connectivity index (χ0) is 11.1. The Labute approximate surface area is 94.6 Å². The van der Waals surface area contributed by atoms with E-state index in [1.165, 1.54) is 16.7 Å². The third kappa shape index (κ3) is 1.25. The minimum Gasteiger partial charge on any atom is -0.454 e. The molecular formula is C13H14O3. The van der Waals surface area contributed by atoms with E-state index in [-0.39, 0.29) is 6.10 Å². The van der Waals surface area contributed by atoms with Crippen LogP contribution in [0.3, 0.4) is 0 Å². The summed E-state index contributed by atoms with van der Waals surface area (Å²) in [4.78, 5) is 0. The van der Waals surface area contributed by atoms with Gasteiger partial charge in [-0.1, -0.05) is 13.0 Å². The van der Waals surface area contributed by atoms with E-state index in [1.807, 2.05) is 12.1 Å². The van der Waals surface area contributed by atoms with Gasteiger partial charge in [0, 0.05) is 7.11 Å². The van der Waals surface area contributed by atoms with Crippen LogP contribution in [-0.4, -0.2) is 13.9 Å². The molecule has 16 heavy (non-hydrogen) atoms. The van der Waals surface area contributed by atoms with E-state index in [0.29, 0.717) is 6.79 Å². The van der Waals surface area contributed by atoms with Crippen molar-refractivity contribution in [3.63, 3.8) is 0 Å². The number of ether oxygens (including phenoxy) is 3.